The molecule has 2 unspecified atom stereocenters. The zero-order chi connectivity index (χ0) is 33.0. The number of benzene rings is 1. The van der Waals surface area contributed by atoms with E-state index >= 15 is 0 Å². The van der Waals surface area contributed by atoms with Gasteiger partial charge in [-0.25, -0.2) is 4.90 Å². The summed E-state index contributed by atoms with van der Waals surface area (Å²) in [6.07, 6.45) is 14.2. The van der Waals surface area contributed by atoms with E-state index in [1.54, 1.807) is 0 Å². The van der Waals surface area contributed by atoms with E-state index in [1.807, 2.05) is 12.1 Å². The maximum Gasteiger partial charge on any atom is 0.305 e. The van der Waals surface area contributed by atoms with Gasteiger partial charge in [-0.2, -0.15) is 0 Å². The van der Waals surface area contributed by atoms with E-state index < -0.39 is 17.9 Å². The summed E-state index contributed by atoms with van der Waals surface area (Å²) in [7, 11) is 0. The molecule has 1 saturated carbocycles. The molecule has 7 heteroatoms. The monoisotopic (exact) mass is 617 g/mol. The molecule has 3 N–H and O–H groups in total. The van der Waals surface area contributed by atoms with Crippen LogP contribution in [0.2, 0.25) is 0 Å². The van der Waals surface area contributed by atoms with Crippen LogP contribution in [-0.4, -0.2) is 57.2 Å². The number of rotatable bonds is 10. The van der Waals surface area contributed by atoms with Gasteiger partial charge in [-0.05, 0) is 85.3 Å². The van der Waals surface area contributed by atoms with E-state index in [1.165, 1.54) is 0 Å². The SMILES string of the molecule is Cc1cccc(C2=NC3(CCC(C(C)(C)C)CC3)N(C(CCC(C)(C)C)C3=CCC=C(CC(=O)NCCC(=O)O)C=C3)C2O)c1. The van der Waals surface area contributed by atoms with Crippen molar-refractivity contribution in [3.8, 4) is 0 Å². The Balaban J connectivity index is 1.67. The van der Waals surface area contributed by atoms with Gasteiger partial charge in [0.05, 0.1) is 18.6 Å². The number of carbonyl (C=O) groups is 2. The fourth-order valence-corrected chi connectivity index (χ4v) is 7.15. The van der Waals surface area contributed by atoms with Crippen LogP contribution in [0.15, 0.2) is 64.7 Å². The van der Waals surface area contributed by atoms with Crippen LogP contribution in [0.3, 0.4) is 0 Å². The molecular weight excluding hydrogens is 562 g/mol. The van der Waals surface area contributed by atoms with Crippen molar-refractivity contribution in [1.82, 2.24) is 10.2 Å². The Morgan fingerprint density at radius 2 is 1.80 bits per heavy atom. The van der Waals surface area contributed by atoms with Crippen LogP contribution in [0.5, 0.6) is 0 Å². The zero-order valence-corrected chi connectivity index (χ0v) is 28.5. The number of hydrogen-bond donors (Lipinski definition) is 3. The first-order valence-corrected chi connectivity index (χ1v) is 16.8. The number of aliphatic carboxylic acids is 1. The second-order valence-electron chi connectivity index (χ2n) is 15.6. The lowest BCUT2D eigenvalue weighted by atomic mass is 9.69. The molecule has 0 radical (unpaired) electrons. The third-order valence-corrected chi connectivity index (χ3v) is 9.78. The molecule has 45 heavy (non-hydrogen) atoms. The molecule has 1 aliphatic heterocycles. The van der Waals surface area contributed by atoms with Gasteiger partial charge in [0, 0.05) is 12.6 Å². The number of carbonyl (C=O) groups excluding carboxylic acids is 1. The van der Waals surface area contributed by atoms with Crippen molar-refractivity contribution < 1.29 is 19.8 Å². The fraction of sp³-hybridized carbons (Fsp3) is 0.605. The molecule has 1 heterocycles. The molecule has 4 rings (SSSR count). The third-order valence-electron chi connectivity index (χ3n) is 9.78. The molecule has 1 aromatic rings. The van der Waals surface area contributed by atoms with Crippen molar-refractivity contribution in [2.45, 2.75) is 124 Å². The Hall–Kier alpha value is -3.03. The minimum absolute atomic E-state index is 0.0511. The maximum atomic E-state index is 12.5. The number of amides is 1. The van der Waals surface area contributed by atoms with Crippen molar-refractivity contribution in [3.05, 3.63) is 70.8 Å². The minimum atomic E-state index is -0.928. The van der Waals surface area contributed by atoms with Crippen molar-refractivity contribution >= 4 is 17.6 Å². The lowest BCUT2D eigenvalue weighted by Gasteiger charge is -2.49. The van der Waals surface area contributed by atoms with E-state index in [0.717, 1.165) is 66.5 Å². The van der Waals surface area contributed by atoms with Crippen LogP contribution in [-0.2, 0) is 9.59 Å². The van der Waals surface area contributed by atoms with Gasteiger partial charge in [0.25, 0.3) is 0 Å². The number of allylic oxidation sites excluding steroid dienone is 3. The van der Waals surface area contributed by atoms with Crippen LogP contribution in [0.4, 0.5) is 0 Å². The maximum absolute atomic E-state index is 12.5. The van der Waals surface area contributed by atoms with E-state index in [9.17, 15) is 14.7 Å². The highest BCUT2D eigenvalue weighted by Gasteiger charge is 2.53. The number of aliphatic hydroxyl groups is 1. The number of hydrogen-bond acceptors (Lipinski definition) is 5. The molecule has 1 fully saturated rings. The van der Waals surface area contributed by atoms with E-state index in [4.69, 9.17) is 10.1 Å². The van der Waals surface area contributed by atoms with E-state index in [-0.39, 0.29) is 42.2 Å². The summed E-state index contributed by atoms with van der Waals surface area (Å²) in [4.78, 5) is 31.2. The van der Waals surface area contributed by atoms with E-state index in [2.05, 4.69) is 95.1 Å². The van der Waals surface area contributed by atoms with Crippen LogP contribution in [0.25, 0.3) is 0 Å². The molecule has 7 nitrogen and oxygen atoms in total. The van der Waals surface area contributed by atoms with Gasteiger partial charge in [-0.15, -0.1) is 0 Å². The first-order chi connectivity index (χ1) is 21.1. The summed E-state index contributed by atoms with van der Waals surface area (Å²) in [6.45, 7) is 16.0. The molecule has 1 aromatic carbocycles. The molecule has 1 amide bonds. The van der Waals surface area contributed by atoms with Crippen molar-refractivity contribution in [3.63, 3.8) is 0 Å². The molecule has 2 aliphatic carbocycles. The van der Waals surface area contributed by atoms with Crippen LogP contribution in [0, 0.1) is 23.7 Å². The average molecular weight is 618 g/mol. The summed E-state index contributed by atoms with van der Waals surface area (Å²) >= 11 is 0. The summed E-state index contributed by atoms with van der Waals surface area (Å²) < 4.78 is 0. The van der Waals surface area contributed by atoms with E-state index in [0.29, 0.717) is 12.3 Å². The molecule has 0 aromatic heterocycles. The quantitative estimate of drug-likeness (QED) is 0.255. The predicted molar refractivity (Wildman–Crippen MR) is 182 cm³/mol. The standard InChI is InChI=1S/C38H55N3O4/c1-26-10-8-13-29(24-26)34-35(45)41(38(40-34)21-16-30(17-22-38)37(5,6)7)31(18-20-36(2,3)4)28-12-9-11-27(14-15-28)25-32(42)39-23-19-33(43)44/h8,10-15,24,30-31,35,45H,9,16-23,25H2,1-7H3,(H,39,42)(H,43,44). The smallest absolute Gasteiger partial charge is 0.305 e. The van der Waals surface area contributed by atoms with Crippen molar-refractivity contribution in [1.29, 1.82) is 0 Å². The predicted octanol–water partition coefficient (Wildman–Crippen LogP) is 7.34. The van der Waals surface area contributed by atoms with Gasteiger partial charge >= 0.3 is 5.97 Å². The normalized spacial score (nSPS) is 24.9. The number of carboxylic acid groups (broad SMARTS) is 1. The molecule has 1 spiro atoms. The van der Waals surface area contributed by atoms with Crippen molar-refractivity contribution in [2.24, 2.45) is 21.7 Å². The number of nitrogens with zero attached hydrogens (tertiary/aromatic N) is 2. The lowest BCUT2D eigenvalue weighted by Crippen LogP contribution is -2.56. The summed E-state index contributed by atoms with van der Waals surface area (Å²) in [5.41, 5.74) is 4.82. The van der Waals surface area contributed by atoms with Gasteiger partial charge < -0.3 is 15.5 Å². The Morgan fingerprint density at radius 3 is 2.42 bits per heavy atom. The Morgan fingerprint density at radius 1 is 1.09 bits per heavy atom. The molecule has 0 bridgehead atoms. The lowest BCUT2D eigenvalue weighted by molar-refractivity contribution is -0.136. The second-order valence-corrected chi connectivity index (χ2v) is 15.6. The number of carboxylic acids is 1. The summed E-state index contributed by atoms with van der Waals surface area (Å²) in [5, 5.41) is 23.9. The van der Waals surface area contributed by atoms with Crippen molar-refractivity contribution in [2.75, 3.05) is 6.54 Å². The van der Waals surface area contributed by atoms with Gasteiger partial charge in [-0.3, -0.25) is 14.6 Å². The topological polar surface area (TPSA) is 102 Å². The highest BCUT2D eigenvalue weighted by molar-refractivity contribution is 6.05. The molecule has 0 saturated heterocycles. The van der Waals surface area contributed by atoms with Crippen LogP contribution >= 0.6 is 0 Å². The highest BCUT2D eigenvalue weighted by Crippen LogP contribution is 2.49. The summed E-state index contributed by atoms with van der Waals surface area (Å²) in [5.74, 6) is -0.498. The van der Waals surface area contributed by atoms with Crippen LogP contribution in [0.1, 0.15) is 110 Å². The minimum Gasteiger partial charge on any atom is -0.481 e. The number of nitrogens with one attached hydrogen (secondary N) is 1. The Kier molecular flexibility index (Phi) is 11.0. The molecule has 2 atom stereocenters. The fourth-order valence-electron chi connectivity index (χ4n) is 7.15. The number of aryl methyl sites for hydroxylation is 1. The van der Waals surface area contributed by atoms with Gasteiger partial charge in [0.2, 0.25) is 5.91 Å². The second kappa shape index (κ2) is 14.2. The first kappa shape index (κ1) is 34.8. The van der Waals surface area contributed by atoms with Gasteiger partial charge in [0.15, 0.2) is 6.23 Å². The number of aliphatic imine (C=N–C) groups is 1. The van der Waals surface area contributed by atoms with Gasteiger partial charge in [-0.1, -0.05) is 95.7 Å². The summed E-state index contributed by atoms with van der Waals surface area (Å²) in [6, 6.07) is 8.28. The Bertz CT molecular complexity index is 1350. The first-order valence-electron chi connectivity index (χ1n) is 16.8. The highest BCUT2D eigenvalue weighted by atomic mass is 16.4. The number of aliphatic hydroxyl groups excluding tert-OH is 1. The largest absolute Gasteiger partial charge is 0.481 e. The van der Waals surface area contributed by atoms with Crippen LogP contribution < -0.4 is 5.32 Å². The zero-order valence-electron chi connectivity index (χ0n) is 28.5. The van der Waals surface area contributed by atoms with Gasteiger partial charge in [0.1, 0.15) is 5.66 Å². The third kappa shape index (κ3) is 9.04. The molecule has 246 valence electrons. The molecular formula is C38H55N3O4. The molecule has 3 aliphatic rings. The average Bonchev–Trinajstić information content (AvgIpc) is 3.06. The Labute approximate surface area is 270 Å².